The predicted octanol–water partition coefficient (Wildman–Crippen LogP) is 1.92. The van der Waals surface area contributed by atoms with Crippen LogP contribution in [-0.2, 0) is 24.5 Å². The second-order valence-electron chi connectivity index (χ2n) is 6.50. The van der Waals surface area contributed by atoms with Crippen molar-refractivity contribution in [3.05, 3.63) is 46.9 Å². The van der Waals surface area contributed by atoms with E-state index in [9.17, 15) is 18.8 Å². The van der Waals surface area contributed by atoms with Gasteiger partial charge in [-0.2, -0.15) is 0 Å². The Hall–Kier alpha value is -2.90. The van der Waals surface area contributed by atoms with E-state index in [1.54, 1.807) is 19.1 Å². The Labute approximate surface area is 155 Å². The monoisotopic (exact) mass is 376 g/mol. The lowest BCUT2D eigenvalue weighted by molar-refractivity contribution is -0.153. The summed E-state index contributed by atoms with van der Waals surface area (Å²) in [4.78, 5) is 36.4. The van der Waals surface area contributed by atoms with E-state index < -0.39 is 23.4 Å². The first-order chi connectivity index (χ1) is 13.0. The van der Waals surface area contributed by atoms with E-state index in [2.05, 4.69) is 10.6 Å². The zero-order valence-electron chi connectivity index (χ0n) is 15.0. The molecule has 0 spiro atoms. The third-order valence-electron chi connectivity index (χ3n) is 4.92. The molecule has 2 aliphatic rings. The Balaban J connectivity index is 1.75. The van der Waals surface area contributed by atoms with Crippen LogP contribution in [0.5, 0.6) is 0 Å². The van der Waals surface area contributed by atoms with Crippen LogP contribution in [-0.4, -0.2) is 37.7 Å². The van der Waals surface area contributed by atoms with Crippen LogP contribution in [0.2, 0.25) is 0 Å². The van der Waals surface area contributed by atoms with Gasteiger partial charge in [0.15, 0.2) is 0 Å². The molecule has 8 heteroatoms. The molecule has 0 aromatic heterocycles. The molecule has 27 heavy (non-hydrogen) atoms. The third-order valence-corrected chi connectivity index (χ3v) is 4.92. The molecule has 1 aliphatic carbocycles. The minimum Gasteiger partial charge on any atom is -0.463 e. The van der Waals surface area contributed by atoms with Crippen LogP contribution < -0.4 is 10.6 Å². The summed E-state index contributed by atoms with van der Waals surface area (Å²) in [5, 5.41) is 4.99. The van der Waals surface area contributed by atoms with Gasteiger partial charge in [-0.3, -0.25) is 4.79 Å². The maximum Gasteiger partial charge on any atom is 0.337 e. The molecule has 0 bridgehead atoms. The summed E-state index contributed by atoms with van der Waals surface area (Å²) in [5.74, 6) is -1.40. The molecule has 1 heterocycles. The molecule has 1 aromatic rings. The van der Waals surface area contributed by atoms with Crippen molar-refractivity contribution in [2.75, 3.05) is 19.8 Å². The topological polar surface area (TPSA) is 93.7 Å². The first-order valence-corrected chi connectivity index (χ1v) is 8.83. The lowest BCUT2D eigenvalue weighted by Gasteiger charge is -2.39. The van der Waals surface area contributed by atoms with Gasteiger partial charge in [0.2, 0.25) is 0 Å². The van der Waals surface area contributed by atoms with Crippen LogP contribution in [0.3, 0.4) is 0 Å². The number of carbonyl (C=O) groups excluding carboxylic acids is 3. The largest absolute Gasteiger partial charge is 0.463 e. The highest BCUT2D eigenvalue weighted by molar-refractivity contribution is 5.94. The Morgan fingerprint density at radius 1 is 1.19 bits per heavy atom. The summed E-state index contributed by atoms with van der Waals surface area (Å²) in [6.07, 6.45) is 2.08. The zero-order valence-corrected chi connectivity index (χ0v) is 15.0. The molecule has 2 amide bonds. The van der Waals surface area contributed by atoms with E-state index >= 15 is 0 Å². The van der Waals surface area contributed by atoms with Gasteiger partial charge in [-0.15, -0.1) is 0 Å². The smallest absolute Gasteiger partial charge is 0.337 e. The van der Waals surface area contributed by atoms with Gasteiger partial charge in [0, 0.05) is 0 Å². The number of nitrogens with one attached hydrogen (secondary N) is 2. The molecule has 0 radical (unpaired) electrons. The standard InChI is InChI=1S/C19H21FN2O5/c1-2-26-16(23)14-10-21-18(25)22-15(14)11-27-17(24)19(8-3-9-19)12-4-6-13(20)7-5-12/h4-7H,2-3,8-11H2,1H3,(H2,21,22,25). The fraction of sp³-hybridized carbons (Fsp3) is 0.421. The van der Waals surface area contributed by atoms with Crippen molar-refractivity contribution in [1.29, 1.82) is 0 Å². The quantitative estimate of drug-likeness (QED) is 0.740. The summed E-state index contributed by atoms with van der Waals surface area (Å²) >= 11 is 0. The molecule has 7 nitrogen and oxygen atoms in total. The molecule has 0 saturated heterocycles. The van der Waals surface area contributed by atoms with Gasteiger partial charge in [-0.05, 0) is 37.5 Å². The molecule has 0 unspecified atom stereocenters. The molecular formula is C19H21FN2O5. The summed E-state index contributed by atoms with van der Waals surface area (Å²) in [7, 11) is 0. The number of benzene rings is 1. The van der Waals surface area contributed by atoms with Crippen molar-refractivity contribution in [1.82, 2.24) is 10.6 Å². The first kappa shape index (κ1) is 18.9. The molecule has 1 aliphatic heterocycles. The van der Waals surface area contributed by atoms with Crippen LogP contribution in [0.1, 0.15) is 31.7 Å². The minimum atomic E-state index is -0.810. The van der Waals surface area contributed by atoms with E-state index in [4.69, 9.17) is 9.47 Å². The second-order valence-corrected chi connectivity index (χ2v) is 6.50. The lowest BCUT2D eigenvalue weighted by atomic mass is 9.64. The number of amides is 2. The number of hydrogen-bond acceptors (Lipinski definition) is 5. The van der Waals surface area contributed by atoms with Crippen LogP contribution in [0.25, 0.3) is 0 Å². The van der Waals surface area contributed by atoms with Crippen molar-refractivity contribution in [3.63, 3.8) is 0 Å². The molecule has 3 rings (SSSR count). The van der Waals surface area contributed by atoms with Gasteiger partial charge in [0.05, 0.1) is 29.8 Å². The average molecular weight is 376 g/mol. The molecule has 0 atom stereocenters. The van der Waals surface area contributed by atoms with Crippen LogP contribution in [0.4, 0.5) is 9.18 Å². The Kier molecular flexibility index (Phi) is 5.43. The fourth-order valence-electron chi connectivity index (χ4n) is 3.25. The summed E-state index contributed by atoms with van der Waals surface area (Å²) in [5.41, 5.74) is 0.317. The maximum absolute atomic E-state index is 13.2. The highest BCUT2D eigenvalue weighted by Crippen LogP contribution is 2.44. The van der Waals surface area contributed by atoms with Gasteiger partial charge < -0.3 is 20.1 Å². The van der Waals surface area contributed by atoms with Gasteiger partial charge in [0.25, 0.3) is 0 Å². The minimum absolute atomic E-state index is 0.000650. The maximum atomic E-state index is 13.2. The Bertz CT molecular complexity index is 784. The molecule has 144 valence electrons. The lowest BCUT2D eigenvalue weighted by Crippen LogP contribution is -2.47. The Morgan fingerprint density at radius 2 is 1.89 bits per heavy atom. The molecule has 1 saturated carbocycles. The van der Waals surface area contributed by atoms with E-state index in [-0.39, 0.29) is 36.8 Å². The van der Waals surface area contributed by atoms with Gasteiger partial charge in [0.1, 0.15) is 12.4 Å². The summed E-state index contributed by atoms with van der Waals surface area (Å²) in [6, 6.07) is 5.33. The number of hydrogen-bond donors (Lipinski definition) is 2. The molecular weight excluding hydrogens is 355 g/mol. The predicted molar refractivity (Wildman–Crippen MR) is 93.1 cm³/mol. The number of carbonyl (C=O) groups is 3. The normalized spacial score (nSPS) is 18.1. The number of urea groups is 1. The van der Waals surface area contributed by atoms with Gasteiger partial charge in [-0.1, -0.05) is 18.6 Å². The van der Waals surface area contributed by atoms with Crippen LogP contribution in [0.15, 0.2) is 35.5 Å². The van der Waals surface area contributed by atoms with Crippen LogP contribution in [0, 0.1) is 5.82 Å². The van der Waals surface area contributed by atoms with Gasteiger partial charge in [-0.25, -0.2) is 14.0 Å². The van der Waals surface area contributed by atoms with Crippen molar-refractivity contribution in [2.45, 2.75) is 31.6 Å². The second kappa shape index (κ2) is 7.77. The zero-order chi connectivity index (χ0) is 19.4. The van der Waals surface area contributed by atoms with Crippen molar-refractivity contribution in [3.8, 4) is 0 Å². The van der Waals surface area contributed by atoms with Crippen molar-refractivity contribution in [2.24, 2.45) is 0 Å². The fourth-order valence-corrected chi connectivity index (χ4v) is 3.25. The van der Waals surface area contributed by atoms with E-state index in [0.29, 0.717) is 18.4 Å². The van der Waals surface area contributed by atoms with E-state index in [1.807, 2.05) is 0 Å². The molecule has 2 N–H and O–H groups in total. The van der Waals surface area contributed by atoms with Gasteiger partial charge >= 0.3 is 18.0 Å². The summed E-state index contributed by atoms with van der Waals surface area (Å²) in [6.45, 7) is 1.62. The number of rotatable bonds is 6. The third kappa shape index (κ3) is 3.79. The van der Waals surface area contributed by atoms with Crippen molar-refractivity contribution < 1.29 is 28.2 Å². The number of esters is 2. The summed E-state index contributed by atoms with van der Waals surface area (Å²) < 4.78 is 23.6. The molecule has 1 fully saturated rings. The van der Waals surface area contributed by atoms with E-state index in [1.165, 1.54) is 12.1 Å². The number of ether oxygens (including phenoxy) is 2. The highest BCUT2D eigenvalue weighted by atomic mass is 19.1. The molecule has 1 aromatic carbocycles. The number of halogens is 1. The van der Waals surface area contributed by atoms with E-state index in [0.717, 1.165) is 6.42 Å². The highest BCUT2D eigenvalue weighted by Gasteiger charge is 2.47. The average Bonchev–Trinajstić information content (AvgIpc) is 2.61. The SMILES string of the molecule is CCOC(=O)C1=C(COC(=O)C2(c3ccc(F)cc3)CCC2)NC(=O)NC1. The van der Waals surface area contributed by atoms with Crippen LogP contribution >= 0.6 is 0 Å². The first-order valence-electron chi connectivity index (χ1n) is 8.83. The Morgan fingerprint density at radius 3 is 2.48 bits per heavy atom. The van der Waals surface area contributed by atoms with Crippen molar-refractivity contribution >= 4 is 18.0 Å².